The molecule has 4 rings (SSSR count). The van der Waals surface area contributed by atoms with Crippen molar-refractivity contribution in [2.45, 2.75) is 65.3 Å². The monoisotopic (exact) mass is 608 g/mol. The molecule has 0 radical (unpaired) electrons. The molecule has 0 bridgehead atoms. The molecule has 230 valence electrons. The predicted molar refractivity (Wildman–Crippen MR) is 170 cm³/mol. The van der Waals surface area contributed by atoms with Crippen molar-refractivity contribution in [2.24, 2.45) is 0 Å². The van der Waals surface area contributed by atoms with Gasteiger partial charge >= 0.3 is 0 Å². The molecule has 3 N–H and O–H groups in total. The van der Waals surface area contributed by atoms with Crippen LogP contribution in [0.3, 0.4) is 0 Å². The van der Waals surface area contributed by atoms with E-state index in [2.05, 4.69) is 20.9 Å². The first-order valence-electron chi connectivity index (χ1n) is 14.4. The molecule has 10 nitrogen and oxygen atoms in total. The standard InChI is InChI=1S/C32H40N4O6S/c1-18-19(2)43-32(34-18)36-28(39)10-8-7-9-15-33-25-14-12-22-23(17-26(25)38)24(35-20(3)37)13-11-21-16-27(40-4)30(41-5)31(42-6)29(21)22/h12,14,16-17,24H,7-11,13,15H2,1-6H3,(H,33,38)(H,35,37)(H,34,36,39). The average Bonchev–Trinajstić information content (AvgIpc) is 3.11. The van der Waals surface area contributed by atoms with Crippen LogP contribution in [0, 0.1) is 13.8 Å². The first kappa shape index (κ1) is 31.8. The highest BCUT2D eigenvalue weighted by Gasteiger charge is 2.29. The van der Waals surface area contributed by atoms with E-state index in [0.717, 1.165) is 46.5 Å². The SMILES string of the molecule is COc1cc2c(c(OC)c1OC)-c1ccc(NCCCCCC(=O)Nc3nc(C)c(C)s3)c(=O)cc1C(NC(C)=O)CC2. The number of carbonyl (C=O) groups is 2. The van der Waals surface area contributed by atoms with Gasteiger partial charge in [0.2, 0.25) is 23.0 Å². The minimum absolute atomic E-state index is 0.0428. The van der Waals surface area contributed by atoms with Crippen LogP contribution in [0.15, 0.2) is 29.1 Å². The molecule has 0 spiro atoms. The van der Waals surface area contributed by atoms with Crippen molar-refractivity contribution in [1.29, 1.82) is 0 Å². The number of thiazole rings is 1. The van der Waals surface area contributed by atoms with Crippen LogP contribution in [-0.2, 0) is 16.0 Å². The topological polar surface area (TPSA) is 128 Å². The van der Waals surface area contributed by atoms with E-state index < -0.39 is 0 Å². The number of aryl methyl sites for hydroxylation is 3. The van der Waals surface area contributed by atoms with E-state index in [1.165, 1.54) is 18.3 Å². The molecule has 0 aliphatic heterocycles. The predicted octanol–water partition coefficient (Wildman–Crippen LogP) is 5.55. The van der Waals surface area contributed by atoms with Crippen molar-refractivity contribution in [3.05, 3.63) is 56.2 Å². The fourth-order valence-corrected chi connectivity index (χ4v) is 6.20. The fraction of sp³-hybridized carbons (Fsp3) is 0.438. The summed E-state index contributed by atoms with van der Waals surface area (Å²) >= 11 is 1.48. The highest BCUT2D eigenvalue weighted by Crippen LogP contribution is 2.50. The van der Waals surface area contributed by atoms with E-state index in [0.29, 0.717) is 59.4 Å². The minimum atomic E-state index is -0.363. The summed E-state index contributed by atoms with van der Waals surface area (Å²) in [6.07, 6.45) is 4.00. The molecule has 0 fully saturated rings. The van der Waals surface area contributed by atoms with Crippen LogP contribution in [0.25, 0.3) is 11.1 Å². The van der Waals surface area contributed by atoms with E-state index >= 15 is 0 Å². The highest BCUT2D eigenvalue weighted by atomic mass is 32.1. The number of aromatic nitrogens is 1. The van der Waals surface area contributed by atoms with Gasteiger partial charge in [-0.15, -0.1) is 11.3 Å². The number of carbonyl (C=O) groups excluding carboxylic acids is 2. The summed E-state index contributed by atoms with van der Waals surface area (Å²) in [4.78, 5) is 43.3. The zero-order chi connectivity index (χ0) is 31.1. The van der Waals surface area contributed by atoms with Crippen LogP contribution in [0.1, 0.15) is 66.8 Å². The maximum atomic E-state index is 13.4. The number of amides is 2. The highest BCUT2D eigenvalue weighted by molar-refractivity contribution is 7.15. The zero-order valence-electron chi connectivity index (χ0n) is 25.6. The van der Waals surface area contributed by atoms with Gasteiger partial charge in [0.15, 0.2) is 16.6 Å². The third-order valence-corrected chi connectivity index (χ3v) is 8.58. The van der Waals surface area contributed by atoms with Crippen LogP contribution < -0.4 is 35.6 Å². The summed E-state index contributed by atoms with van der Waals surface area (Å²) in [7, 11) is 4.71. The number of benzene rings is 1. The van der Waals surface area contributed by atoms with Crippen LogP contribution in [-0.4, -0.2) is 44.7 Å². The molecule has 2 aromatic carbocycles. The molecule has 1 aliphatic rings. The minimum Gasteiger partial charge on any atom is -0.493 e. The molecule has 1 aliphatic carbocycles. The average molecular weight is 609 g/mol. The van der Waals surface area contributed by atoms with Gasteiger partial charge in [-0.1, -0.05) is 12.5 Å². The second kappa shape index (κ2) is 14.4. The number of fused-ring (bicyclic) bond motifs is 3. The maximum absolute atomic E-state index is 13.4. The van der Waals surface area contributed by atoms with Gasteiger partial charge in [0.05, 0.1) is 38.8 Å². The Kier molecular flexibility index (Phi) is 10.6. The number of ether oxygens (including phenoxy) is 3. The number of hydrogen-bond donors (Lipinski definition) is 3. The first-order chi connectivity index (χ1) is 20.7. The van der Waals surface area contributed by atoms with Crippen LogP contribution >= 0.6 is 11.3 Å². The molecule has 0 saturated heterocycles. The van der Waals surface area contributed by atoms with Crippen molar-refractivity contribution in [3.8, 4) is 28.4 Å². The number of rotatable bonds is 12. The molecule has 11 heteroatoms. The Labute approximate surface area is 256 Å². The Morgan fingerprint density at radius 1 is 1.02 bits per heavy atom. The summed E-state index contributed by atoms with van der Waals surface area (Å²) in [5.41, 5.74) is 4.51. The number of unbranched alkanes of at least 4 members (excludes halogenated alkanes) is 2. The van der Waals surface area contributed by atoms with Gasteiger partial charge < -0.3 is 30.2 Å². The number of hydrogen-bond acceptors (Lipinski definition) is 9. The van der Waals surface area contributed by atoms with E-state index in [1.807, 2.05) is 26.0 Å². The molecule has 2 amide bonds. The lowest BCUT2D eigenvalue weighted by Gasteiger charge is -2.19. The van der Waals surface area contributed by atoms with Gasteiger partial charge in [0.25, 0.3) is 0 Å². The third-order valence-electron chi connectivity index (χ3n) is 7.59. The Hall–Kier alpha value is -4.12. The van der Waals surface area contributed by atoms with Crippen molar-refractivity contribution < 1.29 is 23.8 Å². The van der Waals surface area contributed by atoms with E-state index in [-0.39, 0.29) is 23.3 Å². The lowest BCUT2D eigenvalue weighted by molar-refractivity contribution is -0.119. The molecule has 43 heavy (non-hydrogen) atoms. The third kappa shape index (κ3) is 7.45. The Morgan fingerprint density at radius 3 is 2.44 bits per heavy atom. The quantitative estimate of drug-likeness (QED) is 0.229. The Morgan fingerprint density at radius 2 is 1.79 bits per heavy atom. The van der Waals surface area contributed by atoms with Crippen molar-refractivity contribution in [1.82, 2.24) is 10.3 Å². The number of nitrogens with zero attached hydrogens (tertiary/aromatic N) is 1. The van der Waals surface area contributed by atoms with Crippen LogP contribution in [0.2, 0.25) is 0 Å². The molecule has 1 unspecified atom stereocenters. The zero-order valence-corrected chi connectivity index (χ0v) is 26.5. The molecule has 1 atom stereocenters. The lowest BCUT2D eigenvalue weighted by Crippen LogP contribution is -2.26. The molecule has 1 heterocycles. The van der Waals surface area contributed by atoms with E-state index in [1.54, 1.807) is 33.5 Å². The van der Waals surface area contributed by atoms with E-state index in [4.69, 9.17) is 14.2 Å². The number of anilines is 2. The van der Waals surface area contributed by atoms with Crippen LogP contribution in [0.4, 0.5) is 10.8 Å². The van der Waals surface area contributed by atoms with Crippen molar-refractivity contribution in [3.63, 3.8) is 0 Å². The number of nitrogens with one attached hydrogen (secondary N) is 3. The Balaban J connectivity index is 1.51. The first-order valence-corrected chi connectivity index (χ1v) is 15.2. The largest absolute Gasteiger partial charge is 0.493 e. The summed E-state index contributed by atoms with van der Waals surface area (Å²) < 4.78 is 17.1. The molecule has 1 aromatic heterocycles. The number of methoxy groups -OCH3 is 3. The van der Waals surface area contributed by atoms with Gasteiger partial charge in [-0.3, -0.25) is 14.4 Å². The van der Waals surface area contributed by atoms with Gasteiger partial charge in [-0.05, 0) is 74.4 Å². The van der Waals surface area contributed by atoms with Crippen molar-refractivity contribution in [2.75, 3.05) is 38.5 Å². The molecular formula is C32H40N4O6S. The summed E-state index contributed by atoms with van der Waals surface area (Å²) in [6, 6.07) is 6.86. The van der Waals surface area contributed by atoms with Gasteiger partial charge in [0, 0.05) is 30.3 Å². The molecular weight excluding hydrogens is 568 g/mol. The second-order valence-electron chi connectivity index (χ2n) is 10.5. The van der Waals surface area contributed by atoms with Crippen molar-refractivity contribution >= 4 is 34.0 Å². The second-order valence-corrected chi connectivity index (χ2v) is 11.7. The Bertz CT molecular complexity index is 1530. The fourth-order valence-electron chi connectivity index (χ4n) is 5.37. The normalized spacial score (nSPS) is 13.7. The summed E-state index contributed by atoms with van der Waals surface area (Å²) in [5, 5.41) is 9.80. The summed E-state index contributed by atoms with van der Waals surface area (Å²) in [6.45, 7) is 5.97. The summed E-state index contributed by atoms with van der Waals surface area (Å²) in [5.74, 6) is 1.31. The van der Waals surface area contributed by atoms with E-state index in [9.17, 15) is 14.4 Å². The van der Waals surface area contributed by atoms with Gasteiger partial charge in [-0.2, -0.15) is 0 Å². The van der Waals surface area contributed by atoms with Crippen LogP contribution in [0.5, 0.6) is 17.2 Å². The van der Waals surface area contributed by atoms with Gasteiger partial charge in [0.1, 0.15) is 0 Å². The molecule has 3 aromatic rings. The van der Waals surface area contributed by atoms with Gasteiger partial charge in [-0.25, -0.2) is 4.98 Å². The maximum Gasteiger partial charge on any atom is 0.226 e. The smallest absolute Gasteiger partial charge is 0.226 e. The lowest BCUT2D eigenvalue weighted by atomic mass is 9.95. The molecule has 0 saturated carbocycles.